The maximum atomic E-state index is 6.44. The van der Waals surface area contributed by atoms with E-state index in [9.17, 15) is 0 Å². The summed E-state index contributed by atoms with van der Waals surface area (Å²) in [4.78, 5) is 0. The van der Waals surface area contributed by atoms with Gasteiger partial charge in [-0.25, -0.2) is 0 Å². The summed E-state index contributed by atoms with van der Waals surface area (Å²) in [6.45, 7) is 10.8. The Labute approximate surface area is 229 Å². The first-order chi connectivity index (χ1) is 17.7. The van der Waals surface area contributed by atoms with E-state index in [0.29, 0.717) is 0 Å². The van der Waals surface area contributed by atoms with Crippen LogP contribution in [-0.2, 0) is 8.85 Å². The van der Waals surface area contributed by atoms with Crippen molar-refractivity contribution in [3.05, 3.63) is 0 Å². The van der Waals surface area contributed by atoms with E-state index >= 15 is 0 Å². The van der Waals surface area contributed by atoms with Crippen molar-refractivity contribution in [2.75, 3.05) is 13.2 Å². The Bertz CT molecular complexity index is 478. The molecule has 0 aromatic heterocycles. The highest BCUT2D eigenvalue weighted by Gasteiger charge is 2.33. The van der Waals surface area contributed by atoms with Crippen LogP contribution in [0.3, 0.4) is 0 Å². The van der Waals surface area contributed by atoms with Crippen LogP contribution in [0.2, 0.25) is 12.1 Å². The number of hydrogen-bond donors (Lipinski definition) is 0. The van der Waals surface area contributed by atoms with Crippen LogP contribution in [0.15, 0.2) is 0 Å². The molecule has 0 heterocycles. The first-order valence-corrected chi connectivity index (χ1v) is 18.7. The molecule has 0 aliphatic carbocycles. The summed E-state index contributed by atoms with van der Waals surface area (Å²) in [6, 6.07) is 2.17. The van der Waals surface area contributed by atoms with Gasteiger partial charge in [-0.1, -0.05) is 143 Å². The standard InChI is InChI=1S/C33H66O2Si/c1-5-9-11-13-15-17-19-20-21-22-23-25-27-29-31-33-35-36(7-3,8-4)34-32-30-28-26-24-18-16-14-12-10-6-2/h5-9,11,13-33H2,1-4H3. The zero-order chi connectivity index (χ0) is 26.4. The van der Waals surface area contributed by atoms with Crippen molar-refractivity contribution in [2.24, 2.45) is 0 Å². The summed E-state index contributed by atoms with van der Waals surface area (Å²) >= 11 is 0. The Balaban J connectivity index is 3.56. The van der Waals surface area contributed by atoms with Gasteiger partial charge in [0.25, 0.3) is 0 Å². The smallest absolute Gasteiger partial charge is 0.337 e. The molecule has 0 aromatic carbocycles. The largest absolute Gasteiger partial charge is 0.394 e. The van der Waals surface area contributed by atoms with Crippen molar-refractivity contribution in [3.8, 4) is 11.8 Å². The lowest BCUT2D eigenvalue weighted by atomic mass is 10.0. The van der Waals surface area contributed by atoms with Crippen molar-refractivity contribution in [1.82, 2.24) is 0 Å². The Morgan fingerprint density at radius 2 is 0.778 bits per heavy atom. The maximum Gasteiger partial charge on any atom is 0.337 e. The van der Waals surface area contributed by atoms with Gasteiger partial charge in [0.15, 0.2) is 0 Å². The Hall–Kier alpha value is -0.303. The monoisotopic (exact) mass is 522 g/mol. The second-order valence-corrected chi connectivity index (χ2v) is 14.7. The predicted octanol–water partition coefficient (Wildman–Crippen LogP) is 11.5. The molecule has 0 radical (unpaired) electrons. The lowest BCUT2D eigenvalue weighted by molar-refractivity contribution is 0.163. The van der Waals surface area contributed by atoms with Crippen molar-refractivity contribution < 1.29 is 8.85 Å². The SMILES string of the molecule is CCC#CCCCCCCCCO[Si](CC)(CC)OCCCCCCCCCCCCCCCCC. The summed E-state index contributed by atoms with van der Waals surface area (Å²) in [5.74, 6) is 6.41. The van der Waals surface area contributed by atoms with Crippen LogP contribution in [0.5, 0.6) is 0 Å². The van der Waals surface area contributed by atoms with Crippen molar-refractivity contribution in [3.63, 3.8) is 0 Å². The fourth-order valence-electron chi connectivity index (χ4n) is 4.93. The normalized spacial score (nSPS) is 11.6. The average Bonchev–Trinajstić information content (AvgIpc) is 2.90. The van der Waals surface area contributed by atoms with Crippen molar-refractivity contribution >= 4 is 8.56 Å². The molecule has 0 N–H and O–H groups in total. The highest BCUT2D eigenvalue weighted by Crippen LogP contribution is 2.21. The zero-order valence-corrected chi connectivity index (χ0v) is 26.4. The molecule has 2 nitrogen and oxygen atoms in total. The minimum Gasteiger partial charge on any atom is -0.394 e. The highest BCUT2D eigenvalue weighted by molar-refractivity contribution is 6.67. The second-order valence-electron chi connectivity index (χ2n) is 10.8. The molecule has 0 rings (SSSR count). The van der Waals surface area contributed by atoms with E-state index in [-0.39, 0.29) is 0 Å². The van der Waals surface area contributed by atoms with Gasteiger partial charge in [0, 0.05) is 26.1 Å². The van der Waals surface area contributed by atoms with Gasteiger partial charge in [-0.2, -0.15) is 0 Å². The van der Waals surface area contributed by atoms with E-state index in [1.807, 2.05) is 0 Å². The van der Waals surface area contributed by atoms with Gasteiger partial charge in [-0.3, -0.25) is 0 Å². The van der Waals surface area contributed by atoms with Crippen molar-refractivity contribution in [2.45, 2.75) is 187 Å². The van der Waals surface area contributed by atoms with Gasteiger partial charge in [0.2, 0.25) is 0 Å². The van der Waals surface area contributed by atoms with E-state index in [1.54, 1.807) is 0 Å². The summed E-state index contributed by atoms with van der Waals surface area (Å²) in [7, 11) is -1.96. The van der Waals surface area contributed by atoms with E-state index < -0.39 is 8.56 Å². The van der Waals surface area contributed by atoms with Gasteiger partial charge in [-0.05, 0) is 31.4 Å². The minimum absolute atomic E-state index is 0.898. The molecule has 0 unspecified atom stereocenters. The number of unbranched alkanes of at least 4 members (excludes halogenated alkanes) is 20. The van der Waals surface area contributed by atoms with Crippen LogP contribution in [0.1, 0.15) is 175 Å². The molecular weight excluding hydrogens is 456 g/mol. The molecule has 0 atom stereocenters. The highest BCUT2D eigenvalue weighted by atomic mass is 28.4. The molecular formula is C33H66O2Si. The van der Waals surface area contributed by atoms with Crippen LogP contribution in [-0.4, -0.2) is 21.8 Å². The Morgan fingerprint density at radius 3 is 1.14 bits per heavy atom. The van der Waals surface area contributed by atoms with E-state index in [0.717, 1.165) is 38.1 Å². The molecule has 0 bridgehead atoms. The number of rotatable bonds is 28. The molecule has 0 spiro atoms. The minimum atomic E-state index is -1.96. The molecule has 0 aromatic rings. The summed E-state index contributed by atoms with van der Waals surface area (Å²) in [6.07, 6.45) is 31.0. The molecule has 0 aliphatic rings. The van der Waals surface area contributed by atoms with E-state index in [2.05, 4.69) is 39.5 Å². The quantitative estimate of drug-likeness (QED) is 0.0577. The number of hydrogen-bond acceptors (Lipinski definition) is 2. The van der Waals surface area contributed by atoms with Crippen LogP contribution in [0.4, 0.5) is 0 Å². The average molecular weight is 523 g/mol. The van der Waals surface area contributed by atoms with Crippen LogP contribution in [0, 0.1) is 11.8 Å². The van der Waals surface area contributed by atoms with Gasteiger partial charge in [0.1, 0.15) is 0 Å². The zero-order valence-electron chi connectivity index (χ0n) is 25.4. The predicted molar refractivity (Wildman–Crippen MR) is 164 cm³/mol. The van der Waals surface area contributed by atoms with E-state index in [1.165, 1.54) is 135 Å². The van der Waals surface area contributed by atoms with Crippen LogP contribution >= 0.6 is 0 Å². The van der Waals surface area contributed by atoms with Crippen molar-refractivity contribution in [1.29, 1.82) is 0 Å². The third-order valence-electron chi connectivity index (χ3n) is 7.55. The van der Waals surface area contributed by atoms with Gasteiger partial charge < -0.3 is 8.85 Å². The first-order valence-electron chi connectivity index (χ1n) is 16.5. The van der Waals surface area contributed by atoms with Gasteiger partial charge in [0.05, 0.1) is 0 Å². The third-order valence-corrected chi connectivity index (χ3v) is 11.2. The topological polar surface area (TPSA) is 18.5 Å². The summed E-state index contributed by atoms with van der Waals surface area (Å²) < 4.78 is 12.9. The summed E-state index contributed by atoms with van der Waals surface area (Å²) in [5, 5.41) is 0. The lowest BCUT2D eigenvalue weighted by Crippen LogP contribution is -2.41. The molecule has 3 heteroatoms. The van der Waals surface area contributed by atoms with E-state index in [4.69, 9.17) is 8.85 Å². The fourth-order valence-corrected chi connectivity index (χ4v) is 7.36. The third kappa shape index (κ3) is 24.1. The molecule has 214 valence electrons. The maximum absolute atomic E-state index is 6.44. The molecule has 36 heavy (non-hydrogen) atoms. The summed E-state index contributed by atoms with van der Waals surface area (Å²) in [5.41, 5.74) is 0. The van der Waals surface area contributed by atoms with Crippen LogP contribution in [0.25, 0.3) is 0 Å². The molecule has 0 saturated heterocycles. The second kappa shape index (κ2) is 29.3. The van der Waals surface area contributed by atoms with Crippen LogP contribution < -0.4 is 0 Å². The molecule has 0 amide bonds. The van der Waals surface area contributed by atoms with Gasteiger partial charge >= 0.3 is 8.56 Å². The Morgan fingerprint density at radius 1 is 0.417 bits per heavy atom. The first kappa shape index (κ1) is 35.7. The molecule has 0 aliphatic heterocycles. The Kier molecular flexibility index (Phi) is 29.0. The molecule has 0 fully saturated rings. The molecule has 0 saturated carbocycles. The lowest BCUT2D eigenvalue weighted by Gasteiger charge is -2.29. The van der Waals surface area contributed by atoms with Gasteiger partial charge in [-0.15, -0.1) is 11.8 Å². The fraction of sp³-hybridized carbons (Fsp3) is 0.939.